The summed E-state index contributed by atoms with van der Waals surface area (Å²) in [6, 6.07) is 35.8. The number of allylic oxidation sites excluding steroid dienone is 4. The van der Waals surface area contributed by atoms with Crippen molar-refractivity contribution in [3.8, 4) is 0 Å². The van der Waals surface area contributed by atoms with Crippen molar-refractivity contribution in [3.05, 3.63) is 166 Å². The molecular formula is C68H103N2O4+. The summed E-state index contributed by atoms with van der Waals surface area (Å²) in [5.74, 6) is 0. The summed E-state index contributed by atoms with van der Waals surface area (Å²) in [6.45, 7) is 9.97. The second-order valence-electron chi connectivity index (χ2n) is 21.4. The van der Waals surface area contributed by atoms with Crippen molar-refractivity contribution in [2.24, 2.45) is 0 Å². The summed E-state index contributed by atoms with van der Waals surface area (Å²) in [5.41, 5.74) is 10.4. The van der Waals surface area contributed by atoms with Crippen molar-refractivity contribution in [2.45, 2.75) is 232 Å². The van der Waals surface area contributed by atoms with Crippen LogP contribution in [0.15, 0.2) is 121 Å². The molecule has 0 unspecified atom stereocenters. The third kappa shape index (κ3) is 31.9. The van der Waals surface area contributed by atoms with E-state index in [2.05, 4.69) is 132 Å². The number of nitrogens with two attached hydrogens (primary N) is 1. The molecule has 4 aromatic carbocycles. The largest absolute Gasteiger partial charge is 0.377 e. The fourth-order valence-corrected chi connectivity index (χ4v) is 9.73. The molecule has 7 aliphatic rings. The van der Waals surface area contributed by atoms with Crippen LogP contribution in [0.25, 0.3) is 0 Å². The highest BCUT2D eigenvalue weighted by molar-refractivity contribution is 5.25. The predicted molar refractivity (Wildman–Crippen MR) is 312 cm³/mol. The number of rotatable bonds is 0. The Morgan fingerprint density at radius 2 is 0.459 bits per heavy atom. The quantitative estimate of drug-likeness (QED) is 0.172. The first kappa shape index (κ1) is 61.0. The van der Waals surface area contributed by atoms with Gasteiger partial charge in [0, 0.05) is 50.6 Å². The smallest absolute Gasteiger partial charge is 0.101 e. The zero-order chi connectivity index (χ0) is 51.3. The van der Waals surface area contributed by atoms with Crippen molar-refractivity contribution in [1.82, 2.24) is 5.32 Å². The van der Waals surface area contributed by atoms with Crippen LogP contribution in [0.4, 0.5) is 0 Å². The second-order valence-corrected chi connectivity index (χ2v) is 21.4. The first-order chi connectivity index (χ1) is 36.8. The van der Waals surface area contributed by atoms with E-state index in [1.807, 2.05) is 0 Å². The molecule has 0 saturated heterocycles. The van der Waals surface area contributed by atoms with E-state index < -0.39 is 0 Å². The Kier molecular flexibility index (Phi) is 35.6. The van der Waals surface area contributed by atoms with Gasteiger partial charge in [0.25, 0.3) is 0 Å². The van der Waals surface area contributed by atoms with Crippen molar-refractivity contribution in [3.63, 3.8) is 0 Å². The Bertz CT molecular complexity index is 1660. The van der Waals surface area contributed by atoms with Gasteiger partial charge in [0.1, 0.15) is 13.1 Å². The summed E-state index contributed by atoms with van der Waals surface area (Å²) in [4.78, 5) is 0. The minimum atomic E-state index is 0.703. The first-order valence-electron chi connectivity index (χ1n) is 30.2. The standard InChI is InChI=1S/C68H102N2O4/c1-2-6-10-14-18-22-26-30-50-72-58-66-43-35-62(36-44-66)54-70-56-64-39-47-68(48-40-64)60-74-52-32-28-24-20-16-12-8-4-3-7-11-15-19-23-27-31-51-73-59-67-45-37-63(38-46-67)55-69-53-61-33-41-65(42-34-61)57-71-49-29-25-21-17-13-9-5-1/h1-4,33-48,69-70H,5-32,49-60H2/p+1/b2-1-,4-3-. The lowest BCUT2D eigenvalue weighted by atomic mass is 10.1. The van der Waals surface area contributed by atoms with Crippen LogP contribution in [0.1, 0.15) is 224 Å². The van der Waals surface area contributed by atoms with Crippen LogP contribution in [-0.2, 0) is 71.6 Å². The minimum Gasteiger partial charge on any atom is -0.377 e. The van der Waals surface area contributed by atoms with E-state index in [0.29, 0.717) is 26.4 Å². The maximum Gasteiger partial charge on any atom is 0.101 e. The van der Waals surface area contributed by atoms with E-state index in [1.54, 1.807) is 0 Å². The zero-order valence-electron chi connectivity index (χ0n) is 46.5. The van der Waals surface area contributed by atoms with E-state index in [1.165, 1.54) is 199 Å². The van der Waals surface area contributed by atoms with Crippen molar-refractivity contribution in [2.75, 3.05) is 26.4 Å². The second kappa shape index (κ2) is 43.2. The van der Waals surface area contributed by atoms with Crippen LogP contribution in [-0.4, -0.2) is 26.4 Å². The third-order valence-electron chi connectivity index (χ3n) is 14.6. The van der Waals surface area contributed by atoms with Crippen molar-refractivity contribution in [1.29, 1.82) is 0 Å². The highest BCUT2D eigenvalue weighted by Gasteiger charge is 2.04. The maximum atomic E-state index is 6.02. The summed E-state index contributed by atoms with van der Waals surface area (Å²) >= 11 is 0. The van der Waals surface area contributed by atoms with Gasteiger partial charge in [-0.25, -0.2) is 0 Å². The SMILES string of the molecule is C1=C\CCCCCCCCOCc2ccc(cc2)C[NH2+]Cc2ccc(cc2)COCCCCCCCC/C=C\CCCCCCCCOCc2ccc(cc2)CNCc2ccc(cc2)COCCCCCCCC/1. The van der Waals surface area contributed by atoms with Crippen LogP contribution in [0.2, 0.25) is 0 Å². The van der Waals surface area contributed by atoms with Gasteiger partial charge in [-0.15, -0.1) is 0 Å². The lowest BCUT2D eigenvalue weighted by molar-refractivity contribution is -0.686. The molecule has 3 N–H and O–H groups in total. The van der Waals surface area contributed by atoms with Gasteiger partial charge in [0.15, 0.2) is 0 Å². The molecule has 0 radical (unpaired) electrons. The Balaban J connectivity index is 0.898. The summed E-state index contributed by atoms with van der Waals surface area (Å²) in [5, 5.41) is 6.00. The lowest BCUT2D eigenvalue weighted by Crippen LogP contribution is -2.80. The van der Waals surface area contributed by atoms with Crippen LogP contribution < -0.4 is 10.6 Å². The molecule has 0 aliphatic carbocycles. The van der Waals surface area contributed by atoms with Crippen LogP contribution >= 0.6 is 0 Å². The number of quaternary nitrogens is 1. The average Bonchev–Trinajstić information content (AvgIpc) is 3.43. The van der Waals surface area contributed by atoms with Gasteiger partial charge in [-0.1, -0.05) is 224 Å². The van der Waals surface area contributed by atoms with Crippen molar-refractivity contribution >= 4 is 0 Å². The molecular weight excluding hydrogens is 909 g/mol. The van der Waals surface area contributed by atoms with Crippen LogP contribution in [0.3, 0.4) is 0 Å². The monoisotopic (exact) mass is 1010 g/mol. The van der Waals surface area contributed by atoms with E-state index in [0.717, 1.165) is 78.3 Å². The summed E-state index contributed by atoms with van der Waals surface area (Å²) in [7, 11) is 0. The van der Waals surface area contributed by atoms with E-state index in [-0.39, 0.29) is 0 Å². The molecule has 0 amide bonds. The van der Waals surface area contributed by atoms with Crippen molar-refractivity contribution < 1.29 is 24.3 Å². The van der Waals surface area contributed by atoms with Gasteiger partial charge in [0.05, 0.1) is 26.4 Å². The Morgan fingerprint density at radius 1 is 0.243 bits per heavy atom. The molecule has 4 aromatic rings. The number of hydrogen-bond donors (Lipinski definition) is 2. The van der Waals surface area contributed by atoms with E-state index >= 15 is 0 Å². The van der Waals surface area contributed by atoms with Gasteiger partial charge in [-0.05, 0) is 110 Å². The minimum absolute atomic E-state index is 0.703. The topological polar surface area (TPSA) is 65.6 Å². The third-order valence-corrected chi connectivity index (χ3v) is 14.6. The molecule has 0 atom stereocenters. The van der Waals surface area contributed by atoms with Gasteiger partial charge in [-0.3, -0.25) is 0 Å². The molecule has 74 heavy (non-hydrogen) atoms. The lowest BCUT2D eigenvalue weighted by Gasteiger charge is -2.09. The normalized spacial score (nSPS) is 20.3. The van der Waals surface area contributed by atoms with E-state index in [4.69, 9.17) is 18.9 Å². The molecule has 6 heteroatoms. The Labute approximate surface area is 452 Å². The molecule has 0 spiro atoms. The van der Waals surface area contributed by atoms with E-state index in [9.17, 15) is 0 Å². The molecule has 0 saturated carbocycles. The molecule has 0 aromatic heterocycles. The number of benzene rings is 4. The Hall–Kier alpha value is -3.88. The number of hydrogen-bond acceptors (Lipinski definition) is 5. The van der Waals surface area contributed by atoms with Crippen LogP contribution in [0, 0.1) is 0 Å². The molecule has 6 nitrogen and oxygen atoms in total. The fraction of sp³-hybridized carbons (Fsp3) is 0.588. The average molecular weight is 1010 g/mol. The predicted octanol–water partition coefficient (Wildman–Crippen LogP) is 17.1. The zero-order valence-corrected chi connectivity index (χ0v) is 46.5. The van der Waals surface area contributed by atoms with Gasteiger partial charge in [-0.2, -0.15) is 0 Å². The number of ether oxygens (including phenoxy) is 4. The molecule has 408 valence electrons. The van der Waals surface area contributed by atoms with Crippen LogP contribution in [0.5, 0.6) is 0 Å². The molecule has 7 aliphatic heterocycles. The van der Waals surface area contributed by atoms with Gasteiger partial charge in [0.2, 0.25) is 0 Å². The molecule has 7 heterocycles. The molecule has 11 rings (SSSR count). The molecule has 0 fully saturated rings. The maximum absolute atomic E-state index is 6.02. The highest BCUT2D eigenvalue weighted by Crippen LogP contribution is 2.15. The Morgan fingerprint density at radius 3 is 0.730 bits per heavy atom. The number of nitrogens with one attached hydrogen (secondary N) is 1. The highest BCUT2D eigenvalue weighted by atomic mass is 16.5. The first-order valence-corrected chi connectivity index (χ1v) is 30.2. The van der Waals surface area contributed by atoms with Gasteiger partial charge >= 0.3 is 0 Å². The summed E-state index contributed by atoms with van der Waals surface area (Å²) in [6.07, 6.45) is 45.6. The molecule has 8 bridgehead atoms. The fourth-order valence-electron chi connectivity index (χ4n) is 9.73. The van der Waals surface area contributed by atoms with Gasteiger partial charge < -0.3 is 29.6 Å². The summed E-state index contributed by atoms with van der Waals surface area (Å²) < 4.78 is 24.1.